The van der Waals surface area contributed by atoms with Gasteiger partial charge in [0.1, 0.15) is 12.5 Å². The predicted octanol–water partition coefficient (Wildman–Crippen LogP) is 1.10. The molecule has 3 nitrogen and oxygen atoms in total. The smallest absolute Gasteiger partial charge is 0.311 e. The van der Waals surface area contributed by atoms with Crippen LogP contribution < -0.4 is 5.73 Å². The molecule has 0 spiro atoms. The van der Waals surface area contributed by atoms with Crippen LogP contribution in [0.2, 0.25) is 0 Å². The summed E-state index contributed by atoms with van der Waals surface area (Å²) < 4.78 is 4.61. The number of rotatable bonds is 4. The minimum absolute atomic E-state index is 0.0247. The second kappa shape index (κ2) is 5.51. The highest BCUT2D eigenvalue weighted by Crippen LogP contribution is 2.13. The van der Waals surface area contributed by atoms with E-state index < -0.39 is 0 Å². The van der Waals surface area contributed by atoms with Crippen LogP contribution in [0.3, 0.4) is 0 Å². The van der Waals surface area contributed by atoms with Gasteiger partial charge in [-0.25, -0.2) is 0 Å². The Morgan fingerprint density at radius 2 is 2.00 bits per heavy atom. The van der Waals surface area contributed by atoms with E-state index in [1.54, 1.807) is 0 Å². The zero-order valence-electron chi connectivity index (χ0n) is 9.32. The van der Waals surface area contributed by atoms with Crippen molar-refractivity contribution in [2.75, 3.05) is 7.11 Å². The number of quaternary nitrogens is 1. The van der Waals surface area contributed by atoms with Crippen molar-refractivity contribution in [3.05, 3.63) is 35.4 Å². The lowest BCUT2D eigenvalue weighted by Gasteiger charge is -2.07. The zero-order valence-corrected chi connectivity index (χ0v) is 9.32. The Kier molecular flexibility index (Phi) is 4.31. The molecule has 15 heavy (non-hydrogen) atoms. The molecule has 1 aromatic rings. The normalized spacial score (nSPS) is 12.2. The van der Waals surface area contributed by atoms with Crippen LogP contribution in [0.5, 0.6) is 0 Å². The monoisotopic (exact) mass is 208 g/mol. The zero-order chi connectivity index (χ0) is 11.3. The van der Waals surface area contributed by atoms with Gasteiger partial charge in [0.2, 0.25) is 0 Å². The second-order valence-corrected chi connectivity index (χ2v) is 3.57. The maximum Gasteiger partial charge on any atom is 0.311 e. The molecule has 82 valence electrons. The summed E-state index contributed by atoms with van der Waals surface area (Å²) in [5.41, 5.74) is 6.33. The lowest BCUT2D eigenvalue weighted by molar-refractivity contribution is -0.425. The number of carbonyl (C=O) groups excluding carboxylic acids is 1. The highest BCUT2D eigenvalue weighted by molar-refractivity contribution is 5.69. The molecule has 0 bridgehead atoms. The molecule has 0 aliphatic carbocycles. The van der Waals surface area contributed by atoms with Crippen LogP contribution in [0.15, 0.2) is 24.3 Å². The lowest BCUT2D eigenvalue weighted by Crippen LogP contribution is -2.54. The van der Waals surface area contributed by atoms with Gasteiger partial charge in [-0.05, 0) is 12.0 Å². The first-order valence-corrected chi connectivity index (χ1v) is 5.16. The van der Waals surface area contributed by atoms with Crippen molar-refractivity contribution in [2.45, 2.75) is 25.8 Å². The van der Waals surface area contributed by atoms with E-state index in [4.69, 9.17) is 0 Å². The number of hydrogen-bond acceptors (Lipinski definition) is 2. The fourth-order valence-electron chi connectivity index (χ4n) is 1.43. The van der Waals surface area contributed by atoms with Gasteiger partial charge in [-0.15, -0.1) is 0 Å². The summed E-state index contributed by atoms with van der Waals surface area (Å²) in [4.78, 5) is 11.1. The minimum Gasteiger partial charge on any atom is -0.469 e. The van der Waals surface area contributed by atoms with Gasteiger partial charge in [0, 0.05) is 5.56 Å². The maximum atomic E-state index is 11.1. The molecule has 0 radical (unpaired) electrons. The quantitative estimate of drug-likeness (QED) is 0.753. The average molecular weight is 208 g/mol. The van der Waals surface area contributed by atoms with Crippen LogP contribution in [0.1, 0.15) is 30.5 Å². The molecule has 0 saturated heterocycles. The number of hydrogen-bond donors (Lipinski definition) is 1. The van der Waals surface area contributed by atoms with Crippen LogP contribution in [0, 0.1) is 0 Å². The van der Waals surface area contributed by atoms with Gasteiger partial charge >= 0.3 is 5.97 Å². The van der Waals surface area contributed by atoms with Gasteiger partial charge in [0.25, 0.3) is 0 Å². The number of aryl methyl sites for hydroxylation is 1. The molecule has 1 aromatic carbocycles. The number of benzene rings is 1. The number of methoxy groups -OCH3 is 1. The van der Waals surface area contributed by atoms with Crippen LogP contribution in [0.4, 0.5) is 0 Å². The number of ether oxygens (including phenoxy) is 1. The van der Waals surface area contributed by atoms with Gasteiger partial charge in [-0.2, -0.15) is 0 Å². The first-order chi connectivity index (χ1) is 7.17. The Bertz CT molecular complexity index is 319. The van der Waals surface area contributed by atoms with Gasteiger partial charge in [0.15, 0.2) is 0 Å². The molecule has 1 rings (SSSR count). The fourth-order valence-corrected chi connectivity index (χ4v) is 1.43. The van der Waals surface area contributed by atoms with Crippen molar-refractivity contribution >= 4 is 5.97 Å². The van der Waals surface area contributed by atoms with E-state index in [1.165, 1.54) is 12.7 Å². The SMILES string of the molecule is CCc1ccc([C@@H]([NH3+])CC(=O)OC)cc1. The number of carbonyl (C=O) groups is 1. The molecule has 0 aliphatic heterocycles. The molecule has 0 unspecified atom stereocenters. The van der Waals surface area contributed by atoms with Crippen molar-refractivity contribution in [2.24, 2.45) is 0 Å². The first-order valence-electron chi connectivity index (χ1n) is 5.16. The van der Waals surface area contributed by atoms with Crippen molar-refractivity contribution in [3.8, 4) is 0 Å². The van der Waals surface area contributed by atoms with Gasteiger partial charge < -0.3 is 10.5 Å². The van der Waals surface area contributed by atoms with Gasteiger partial charge in [-0.3, -0.25) is 4.79 Å². The van der Waals surface area contributed by atoms with E-state index in [0.29, 0.717) is 6.42 Å². The first kappa shape index (κ1) is 11.7. The molecule has 1 atom stereocenters. The van der Waals surface area contributed by atoms with Crippen molar-refractivity contribution in [1.82, 2.24) is 0 Å². The second-order valence-electron chi connectivity index (χ2n) is 3.57. The Morgan fingerprint density at radius 3 is 2.47 bits per heavy atom. The molecule has 0 fully saturated rings. The molecule has 0 aliphatic rings. The van der Waals surface area contributed by atoms with E-state index in [1.807, 2.05) is 12.1 Å². The third kappa shape index (κ3) is 3.36. The maximum absolute atomic E-state index is 11.1. The Hall–Kier alpha value is -1.35. The summed E-state index contributed by atoms with van der Waals surface area (Å²) in [6.07, 6.45) is 1.36. The summed E-state index contributed by atoms with van der Waals surface area (Å²) in [5.74, 6) is -0.213. The third-order valence-corrected chi connectivity index (χ3v) is 2.50. The third-order valence-electron chi connectivity index (χ3n) is 2.50. The largest absolute Gasteiger partial charge is 0.469 e. The Balaban J connectivity index is 2.65. The molecule has 3 N–H and O–H groups in total. The van der Waals surface area contributed by atoms with Crippen molar-refractivity contribution < 1.29 is 15.3 Å². The highest BCUT2D eigenvalue weighted by atomic mass is 16.5. The van der Waals surface area contributed by atoms with E-state index >= 15 is 0 Å². The summed E-state index contributed by atoms with van der Waals surface area (Å²) in [6.45, 7) is 2.12. The van der Waals surface area contributed by atoms with E-state index in [0.717, 1.165) is 12.0 Å². The van der Waals surface area contributed by atoms with Crippen LogP contribution in [0.25, 0.3) is 0 Å². The van der Waals surface area contributed by atoms with Crippen molar-refractivity contribution in [3.63, 3.8) is 0 Å². The summed E-state index contributed by atoms with van der Waals surface area (Å²) in [5, 5.41) is 0. The highest BCUT2D eigenvalue weighted by Gasteiger charge is 2.14. The van der Waals surface area contributed by atoms with Crippen LogP contribution >= 0.6 is 0 Å². The van der Waals surface area contributed by atoms with Gasteiger partial charge in [0.05, 0.1) is 7.11 Å². The molecule has 0 aromatic heterocycles. The summed E-state index contributed by atoms with van der Waals surface area (Å²) in [6, 6.07) is 8.18. The molecule has 0 saturated carbocycles. The van der Waals surface area contributed by atoms with E-state index in [2.05, 4.69) is 29.5 Å². The molecule has 0 heterocycles. The predicted molar refractivity (Wildman–Crippen MR) is 58.1 cm³/mol. The van der Waals surface area contributed by atoms with Crippen molar-refractivity contribution in [1.29, 1.82) is 0 Å². The van der Waals surface area contributed by atoms with E-state index in [-0.39, 0.29) is 12.0 Å². The Labute approximate surface area is 90.2 Å². The Morgan fingerprint density at radius 1 is 1.40 bits per heavy atom. The van der Waals surface area contributed by atoms with Gasteiger partial charge in [-0.1, -0.05) is 31.2 Å². The van der Waals surface area contributed by atoms with E-state index in [9.17, 15) is 4.79 Å². The summed E-state index contributed by atoms with van der Waals surface area (Å²) in [7, 11) is 1.40. The standard InChI is InChI=1S/C12H17NO2/c1-3-9-4-6-10(7-5-9)11(13)8-12(14)15-2/h4-7,11H,3,8,13H2,1-2H3/p+1/t11-/m0/s1. The van der Waals surface area contributed by atoms with Crippen LogP contribution in [-0.2, 0) is 16.0 Å². The fraction of sp³-hybridized carbons (Fsp3) is 0.417. The topological polar surface area (TPSA) is 53.9 Å². The molecule has 0 amide bonds. The lowest BCUT2D eigenvalue weighted by atomic mass is 10.0. The summed E-state index contributed by atoms with van der Waals surface area (Å²) >= 11 is 0. The molecule has 3 heteroatoms. The molecular formula is C12H18NO2+. The number of esters is 1. The molecular weight excluding hydrogens is 190 g/mol. The minimum atomic E-state index is -0.213. The van der Waals surface area contributed by atoms with Crippen LogP contribution in [-0.4, -0.2) is 13.1 Å². The average Bonchev–Trinajstić information content (AvgIpc) is 2.29.